The molecule has 1 aliphatic heterocycles. The topological polar surface area (TPSA) is 114 Å². The number of Topliss-reactive ketones (excluding diaryl/α,β-unsaturated/α-hetero) is 1. The number of unbranched alkanes of at least 4 members (excludes halogenated alkanes) is 1. The number of pyridine rings is 1. The number of fused-ring (bicyclic) bond motifs is 1. The number of carbonyl (C=O) groups excluding carboxylic acids is 2. The molecule has 0 saturated carbocycles. The molecule has 9 heteroatoms. The minimum absolute atomic E-state index is 0.0450. The van der Waals surface area contributed by atoms with Crippen LogP contribution in [0.3, 0.4) is 0 Å². The molecule has 1 aromatic heterocycles. The summed E-state index contributed by atoms with van der Waals surface area (Å²) in [4.78, 5) is 32.8. The Hall–Kier alpha value is -3.43. The van der Waals surface area contributed by atoms with E-state index in [1.54, 1.807) is 6.20 Å². The standard InChI is InChI=1S/C31H39F2N5O2/c32-25-11-8-22(19-26(25)33)20-28(37-31(40)27(34)6-2-5-17-38-15-3-1-4-16-38)29(39)12-9-21-7-10-24-23(18-21)13-14-36-30(24)35/h7-8,10-11,13-14,18-19,27-28H,1-6,9,12,15-17,20,34H2,(H2,35,36)(H,37,40)/t27-,28+/m1/s1. The third kappa shape index (κ3) is 8.29. The third-order valence-corrected chi connectivity index (χ3v) is 7.67. The van der Waals surface area contributed by atoms with E-state index >= 15 is 0 Å². The monoisotopic (exact) mass is 551 g/mol. The number of nitrogens with one attached hydrogen (secondary N) is 1. The Morgan fingerprint density at radius 2 is 1.75 bits per heavy atom. The fraction of sp³-hybridized carbons (Fsp3) is 0.452. The molecule has 5 N–H and O–H groups in total. The van der Waals surface area contributed by atoms with Gasteiger partial charge in [-0.3, -0.25) is 9.59 Å². The molecular formula is C31H39F2N5O2. The van der Waals surface area contributed by atoms with Gasteiger partial charge in [-0.1, -0.05) is 37.1 Å². The average Bonchev–Trinajstić information content (AvgIpc) is 2.96. The normalized spacial score (nSPS) is 15.6. The Balaban J connectivity index is 1.36. The quantitative estimate of drug-likeness (QED) is 0.273. The van der Waals surface area contributed by atoms with Gasteiger partial charge in [0.2, 0.25) is 5.91 Å². The van der Waals surface area contributed by atoms with Crippen LogP contribution in [0.1, 0.15) is 56.1 Å². The molecule has 0 spiro atoms. The summed E-state index contributed by atoms with van der Waals surface area (Å²) >= 11 is 0. The zero-order valence-electron chi connectivity index (χ0n) is 22.9. The Morgan fingerprint density at radius 3 is 2.52 bits per heavy atom. The molecule has 1 fully saturated rings. The van der Waals surface area contributed by atoms with Gasteiger partial charge in [0.05, 0.1) is 12.1 Å². The zero-order chi connectivity index (χ0) is 28.5. The number of hydrogen-bond donors (Lipinski definition) is 3. The number of ketones is 1. The number of nitrogens with zero attached hydrogens (tertiary/aromatic N) is 2. The lowest BCUT2D eigenvalue weighted by Gasteiger charge is -2.26. The number of aryl methyl sites for hydroxylation is 1. The number of carbonyl (C=O) groups is 2. The summed E-state index contributed by atoms with van der Waals surface area (Å²) in [7, 11) is 0. The average molecular weight is 552 g/mol. The van der Waals surface area contributed by atoms with Gasteiger partial charge < -0.3 is 21.7 Å². The first kappa shape index (κ1) is 29.6. The van der Waals surface area contributed by atoms with E-state index < -0.39 is 29.6 Å². The van der Waals surface area contributed by atoms with Gasteiger partial charge in [0.25, 0.3) is 0 Å². The molecule has 40 heavy (non-hydrogen) atoms. The molecule has 2 heterocycles. The van der Waals surface area contributed by atoms with Crippen LogP contribution in [0, 0.1) is 11.6 Å². The molecule has 0 unspecified atom stereocenters. The van der Waals surface area contributed by atoms with Gasteiger partial charge in [-0.15, -0.1) is 0 Å². The van der Waals surface area contributed by atoms with Crippen molar-refractivity contribution in [2.24, 2.45) is 5.73 Å². The lowest BCUT2D eigenvalue weighted by molar-refractivity contribution is -0.128. The molecule has 1 saturated heterocycles. The first-order valence-corrected chi connectivity index (χ1v) is 14.2. The number of likely N-dealkylation sites (tertiary alicyclic amines) is 1. The molecule has 3 aromatic rings. The zero-order valence-corrected chi connectivity index (χ0v) is 22.9. The molecule has 1 aliphatic rings. The maximum atomic E-state index is 13.9. The smallest absolute Gasteiger partial charge is 0.237 e. The molecule has 0 aliphatic carbocycles. The highest BCUT2D eigenvalue weighted by molar-refractivity contribution is 5.92. The van der Waals surface area contributed by atoms with E-state index in [1.165, 1.54) is 25.3 Å². The highest BCUT2D eigenvalue weighted by atomic mass is 19.2. The summed E-state index contributed by atoms with van der Waals surface area (Å²) in [6.07, 6.45) is 8.35. The van der Waals surface area contributed by atoms with E-state index in [0.717, 1.165) is 60.9 Å². The van der Waals surface area contributed by atoms with Gasteiger partial charge in [0.1, 0.15) is 5.82 Å². The Labute approximate surface area is 234 Å². The largest absolute Gasteiger partial charge is 0.383 e. The van der Waals surface area contributed by atoms with Gasteiger partial charge in [-0.2, -0.15) is 0 Å². The van der Waals surface area contributed by atoms with E-state index in [-0.39, 0.29) is 18.6 Å². The maximum absolute atomic E-state index is 13.9. The molecule has 0 bridgehead atoms. The van der Waals surface area contributed by atoms with Gasteiger partial charge in [0, 0.05) is 18.0 Å². The maximum Gasteiger partial charge on any atom is 0.237 e. The number of halogens is 2. The SMILES string of the molecule is Nc1nccc2cc(CCC(=O)[C@H](Cc3ccc(F)c(F)c3)NC(=O)[C@H](N)CCCCN3CCCCC3)ccc12. The summed E-state index contributed by atoms with van der Waals surface area (Å²) in [6, 6.07) is 9.45. The van der Waals surface area contributed by atoms with Crippen LogP contribution in [0.25, 0.3) is 10.8 Å². The van der Waals surface area contributed by atoms with Crippen molar-refractivity contribution in [2.45, 2.75) is 69.9 Å². The van der Waals surface area contributed by atoms with Crippen LogP contribution >= 0.6 is 0 Å². The molecule has 7 nitrogen and oxygen atoms in total. The number of piperidine rings is 1. The minimum Gasteiger partial charge on any atom is -0.383 e. The molecule has 1 amide bonds. The first-order valence-electron chi connectivity index (χ1n) is 14.2. The lowest BCUT2D eigenvalue weighted by Crippen LogP contribution is -2.49. The highest BCUT2D eigenvalue weighted by Gasteiger charge is 2.24. The van der Waals surface area contributed by atoms with Crippen molar-refractivity contribution < 1.29 is 18.4 Å². The second kappa shape index (κ2) is 14.3. The van der Waals surface area contributed by atoms with Crippen LogP contribution in [0.15, 0.2) is 48.7 Å². The molecule has 2 atom stereocenters. The van der Waals surface area contributed by atoms with Crippen molar-refractivity contribution in [3.63, 3.8) is 0 Å². The summed E-state index contributed by atoms with van der Waals surface area (Å²) in [5, 5.41) is 4.56. The van der Waals surface area contributed by atoms with Crippen molar-refractivity contribution in [1.29, 1.82) is 0 Å². The van der Waals surface area contributed by atoms with Gasteiger partial charge >= 0.3 is 0 Å². The summed E-state index contributed by atoms with van der Waals surface area (Å²) in [5.41, 5.74) is 13.5. The predicted molar refractivity (Wildman–Crippen MR) is 154 cm³/mol. The van der Waals surface area contributed by atoms with Crippen molar-refractivity contribution in [3.8, 4) is 0 Å². The van der Waals surface area contributed by atoms with Crippen molar-refractivity contribution >= 4 is 28.3 Å². The van der Waals surface area contributed by atoms with Gasteiger partial charge in [-0.25, -0.2) is 13.8 Å². The molecular weight excluding hydrogens is 512 g/mol. The predicted octanol–water partition coefficient (Wildman–Crippen LogP) is 4.31. The van der Waals surface area contributed by atoms with E-state index in [9.17, 15) is 18.4 Å². The second-order valence-electron chi connectivity index (χ2n) is 10.7. The Morgan fingerprint density at radius 1 is 0.975 bits per heavy atom. The van der Waals surface area contributed by atoms with Crippen molar-refractivity contribution in [1.82, 2.24) is 15.2 Å². The minimum atomic E-state index is -0.995. The number of amides is 1. The van der Waals surface area contributed by atoms with Gasteiger partial charge in [-0.05, 0) is 92.9 Å². The fourth-order valence-electron chi connectivity index (χ4n) is 5.29. The number of rotatable bonds is 13. The van der Waals surface area contributed by atoms with E-state index in [4.69, 9.17) is 11.5 Å². The van der Waals surface area contributed by atoms with Crippen LogP contribution in [-0.2, 0) is 22.4 Å². The van der Waals surface area contributed by atoms with E-state index in [1.807, 2.05) is 24.3 Å². The number of nitrogens with two attached hydrogens (primary N) is 2. The molecule has 2 aromatic carbocycles. The van der Waals surface area contributed by atoms with E-state index in [0.29, 0.717) is 24.2 Å². The third-order valence-electron chi connectivity index (χ3n) is 7.67. The van der Waals surface area contributed by atoms with Crippen LogP contribution < -0.4 is 16.8 Å². The van der Waals surface area contributed by atoms with E-state index in [2.05, 4.69) is 15.2 Å². The summed E-state index contributed by atoms with van der Waals surface area (Å²) in [5.74, 6) is -2.13. The van der Waals surface area contributed by atoms with Crippen LogP contribution in [0.4, 0.5) is 14.6 Å². The molecule has 0 radical (unpaired) electrons. The van der Waals surface area contributed by atoms with Crippen LogP contribution in [0.2, 0.25) is 0 Å². The Kier molecular flexibility index (Phi) is 10.5. The number of hydrogen-bond acceptors (Lipinski definition) is 6. The van der Waals surface area contributed by atoms with Crippen LogP contribution in [-0.4, -0.2) is 53.3 Å². The van der Waals surface area contributed by atoms with Crippen LogP contribution in [0.5, 0.6) is 0 Å². The van der Waals surface area contributed by atoms with Crippen molar-refractivity contribution in [2.75, 3.05) is 25.4 Å². The number of benzene rings is 2. The fourth-order valence-corrected chi connectivity index (χ4v) is 5.29. The first-order chi connectivity index (χ1) is 19.3. The van der Waals surface area contributed by atoms with Crippen molar-refractivity contribution in [3.05, 3.63) is 71.4 Å². The summed E-state index contributed by atoms with van der Waals surface area (Å²) < 4.78 is 27.3. The highest BCUT2D eigenvalue weighted by Crippen LogP contribution is 2.21. The summed E-state index contributed by atoms with van der Waals surface area (Å²) in [6.45, 7) is 3.26. The second-order valence-corrected chi connectivity index (χ2v) is 10.7. The van der Waals surface area contributed by atoms with Gasteiger partial charge in [0.15, 0.2) is 17.4 Å². The lowest BCUT2D eigenvalue weighted by atomic mass is 9.96. The Bertz CT molecular complexity index is 1310. The molecule has 214 valence electrons. The number of aromatic nitrogens is 1. The molecule has 4 rings (SSSR count). The number of nitrogen functional groups attached to an aromatic ring is 1. The number of anilines is 1.